The number of ether oxygens (including phenoxy) is 1. The summed E-state index contributed by atoms with van der Waals surface area (Å²) in [5, 5.41) is 0. The van der Waals surface area contributed by atoms with Crippen molar-refractivity contribution in [1.82, 2.24) is 0 Å². The zero-order valence-electron chi connectivity index (χ0n) is 15.4. The number of carbonyl (C=O) groups is 1. The fourth-order valence-corrected chi connectivity index (χ4v) is 4.84. The summed E-state index contributed by atoms with van der Waals surface area (Å²) in [4.78, 5) is 23.0. The van der Waals surface area contributed by atoms with Crippen LogP contribution in [0.4, 0.5) is 0 Å². The average molecular weight is 374 g/mol. The van der Waals surface area contributed by atoms with Crippen LogP contribution in [0.15, 0.2) is 60.7 Å². The first-order chi connectivity index (χ1) is 12.4. The Morgan fingerprint density at radius 1 is 1.00 bits per heavy atom. The Hall–Kier alpha value is -1.90. The molecule has 26 heavy (non-hydrogen) atoms. The fraction of sp³-hybridized carbons (Fsp3) is 0.381. The second-order valence-electron chi connectivity index (χ2n) is 7.09. The highest BCUT2D eigenvalue weighted by Gasteiger charge is 2.30. The van der Waals surface area contributed by atoms with E-state index in [4.69, 9.17) is 4.74 Å². The highest BCUT2D eigenvalue weighted by Crippen LogP contribution is 2.47. The van der Waals surface area contributed by atoms with Crippen LogP contribution in [0.5, 0.6) is 0 Å². The molecule has 0 saturated heterocycles. The van der Waals surface area contributed by atoms with Crippen LogP contribution in [-0.4, -0.2) is 17.0 Å². The summed E-state index contributed by atoms with van der Waals surface area (Å²) in [7, 11) is -3.48. The molecule has 0 aliphatic heterocycles. The molecule has 2 aromatic rings. The molecule has 0 spiro atoms. The molecule has 140 valence electrons. The number of benzene rings is 2. The van der Waals surface area contributed by atoms with Gasteiger partial charge < -0.3 is 9.63 Å². The molecule has 0 bridgehead atoms. The lowest BCUT2D eigenvalue weighted by Gasteiger charge is -2.21. The van der Waals surface area contributed by atoms with E-state index in [1.54, 1.807) is 0 Å². The number of hydrogen-bond acceptors (Lipinski definition) is 3. The molecule has 0 aliphatic carbocycles. The van der Waals surface area contributed by atoms with Crippen molar-refractivity contribution in [3.8, 4) is 0 Å². The molecule has 0 heterocycles. The first-order valence-electron chi connectivity index (χ1n) is 8.91. The highest BCUT2D eigenvalue weighted by atomic mass is 31.2. The van der Waals surface area contributed by atoms with E-state index in [0.717, 1.165) is 11.1 Å². The first-order valence-corrected chi connectivity index (χ1v) is 10.9. The highest BCUT2D eigenvalue weighted by molar-refractivity contribution is 7.57. The average Bonchev–Trinajstić information content (AvgIpc) is 2.60. The monoisotopic (exact) mass is 374 g/mol. The molecule has 0 amide bonds. The smallest absolute Gasteiger partial charge is 0.309 e. The van der Waals surface area contributed by atoms with Gasteiger partial charge in [-0.05, 0) is 23.5 Å². The Morgan fingerprint density at radius 2 is 1.54 bits per heavy atom. The Balaban J connectivity index is 2.00. The zero-order valence-corrected chi connectivity index (χ0v) is 16.3. The molecule has 5 heteroatoms. The van der Waals surface area contributed by atoms with E-state index < -0.39 is 19.3 Å². The van der Waals surface area contributed by atoms with Crippen molar-refractivity contribution < 1.29 is 19.0 Å². The Bertz CT molecular complexity index is 728. The van der Waals surface area contributed by atoms with E-state index >= 15 is 0 Å². The molecule has 2 aromatic carbocycles. The van der Waals surface area contributed by atoms with Crippen LogP contribution < -0.4 is 0 Å². The summed E-state index contributed by atoms with van der Waals surface area (Å²) in [5.41, 5.74) is 1.71. The first kappa shape index (κ1) is 20.4. The van der Waals surface area contributed by atoms with Gasteiger partial charge >= 0.3 is 5.97 Å². The van der Waals surface area contributed by atoms with Crippen LogP contribution in [-0.2, 0) is 26.9 Å². The minimum atomic E-state index is -3.48. The summed E-state index contributed by atoms with van der Waals surface area (Å²) >= 11 is 0. The van der Waals surface area contributed by atoms with Gasteiger partial charge in [-0.25, -0.2) is 0 Å². The van der Waals surface area contributed by atoms with E-state index in [0.29, 0.717) is 6.42 Å². The van der Waals surface area contributed by atoms with Gasteiger partial charge in [0.1, 0.15) is 6.61 Å². The van der Waals surface area contributed by atoms with Gasteiger partial charge in [0.05, 0.1) is 5.92 Å². The van der Waals surface area contributed by atoms with Crippen molar-refractivity contribution in [1.29, 1.82) is 0 Å². The fourth-order valence-electron chi connectivity index (χ4n) is 2.94. The maximum absolute atomic E-state index is 12.7. The van der Waals surface area contributed by atoms with Crippen molar-refractivity contribution >= 4 is 13.3 Å². The summed E-state index contributed by atoms with van der Waals surface area (Å²) in [6.45, 7) is 4.18. The lowest BCUT2D eigenvalue weighted by molar-refractivity contribution is -0.149. The Labute approximate surface area is 155 Å². The maximum atomic E-state index is 12.7. The number of rotatable bonds is 9. The maximum Gasteiger partial charge on any atom is 0.309 e. The second-order valence-corrected chi connectivity index (χ2v) is 9.47. The van der Waals surface area contributed by atoms with Crippen LogP contribution in [0, 0.1) is 11.8 Å². The molecule has 4 nitrogen and oxygen atoms in total. The minimum absolute atomic E-state index is 0.0479. The van der Waals surface area contributed by atoms with Crippen molar-refractivity contribution in [3.05, 3.63) is 71.8 Å². The molecular weight excluding hydrogens is 347 g/mol. The number of hydrogen-bond donors (Lipinski definition) is 1. The summed E-state index contributed by atoms with van der Waals surface area (Å²) in [6, 6.07) is 18.7. The molecule has 2 atom stereocenters. The molecule has 1 N–H and O–H groups in total. The molecule has 0 radical (unpaired) electrons. The van der Waals surface area contributed by atoms with Gasteiger partial charge in [-0.3, -0.25) is 9.36 Å². The molecule has 0 saturated carbocycles. The van der Waals surface area contributed by atoms with Crippen LogP contribution in [0.2, 0.25) is 0 Å². The SMILES string of the molecule is CC(C)CC(CP(=O)(O)Cc1ccccc1)C(=O)OCc1ccccc1. The summed E-state index contributed by atoms with van der Waals surface area (Å²) in [5.74, 6) is -0.732. The van der Waals surface area contributed by atoms with E-state index in [1.807, 2.05) is 74.5 Å². The van der Waals surface area contributed by atoms with Crippen LogP contribution in [0.25, 0.3) is 0 Å². The van der Waals surface area contributed by atoms with Crippen molar-refractivity contribution in [3.63, 3.8) is 0 Å². The van der Waals surface area contributed by atoms with E-state index in [-0.39, 0.29) is 24.8 Å². The molecule has 2 unspecified atom stereocenters. The molecule has 0 fully saturated rings. The Kier molecular flexibility index (Phi) is 7.62. The van der Waals surface area contributed by atoms with Gasteiger partial charge in [-0.2, -0.15) is 0 Å². The molecule has 0 aliphatic rings. The van der Waals surface area contributed by atoms with E-state index in [2.05, 4.69) is 0 Å². The third kappa shape index (κ3) is 7.15. The summed E-state index contributed by atoms with van der Waals surface area (Å²) in [6.07, 6.45) is 0.565. The van der Waals surface area contributed by atoms with Crippen LogP contribution in [0.1, 0.15) is 31.4 Å². The summed E-state index contributed by atoms with van der Waals surface area (Å²) < 4.78 is 18.1. The predicted octanol–water partition coefficient (Wildman–Crippen LogP) is 4.86. The topological polar surface area (TPSA) is 63.6 Å². The minimum Gasteiger partial charge on any atom is -0.461 e. The van der Waals surface area contributed by atoms with E-state index in [1.165, 1.54) is 0 Å². The van der Waals surface area contributed by atoms with Gasteiger partial charge in [-0.1, -0.05) is 74.5 Å². The third-order valence-electron chi connectivity index (χ3n) is 4.09. The quantitative estimate of drug-likeness (QED) is 0.503. The predicted molar refractivity (Wildman–Crippen MR) is 104 cm³/mol. The third-order valence-corrected chi connectivity index (χ3v) is 5.96. The van der Waals surface area contributed by atoms with Gasteiger partial charge in [0.2, 0.25) is 7.37 Å². The molecule has 2 rings (SSSR count). The second kappa shape index (κ2) is 9.70. The number of carbonyl (C=O) groups excluding carboxylic acids is 1. The van der Waals surface area contributed by atoms with Crippen LogP contribution >= 0.6 is 7.37 Å². The lowest BCUT2D eigenvalue weighted by Crippen LogP contribution is -2.23. The van der Waals surface area contributed by atoms with Crippen molar-refractivity contribution in [2.75, 3.05) is 6.16 Å². The van der Waals surface area contributed by atoms with E-state index in [9.17, 15) is 14.3 Å². The van der Waals surface area contributed by atoms with Gasteiger partial charge in [0.25, 0.3) is 0 Å². The van der Waals surface area contributed by atoms with Crippen molar-refractivity contribution in [2.24, 2.45) is 11.8 Å². The molecular formula is C21H27O4P. The normalized spacial score (nSPS) is 14.6. The largest absolute Gasteiger partial charge is 0.461 e. The zero-order chi connectivity index (χ0) is 19.0. The molecule has 0 aromatic heterocycles. The lowest BCUT2D eigenvalue weighted by atomic mass is 9.99. The van der Waals surface area contributed by atoms with Gasteiger partial charge in [0.15, 0.2) is 0 Å². The van der Waals surface area contributed by atoms with Crippen molar-refractivity contribution in [2.45, 2.75) is 33.0 Å². The van der Waals surface area contributed by atoms with Gasteiger partial charge in [0, 0.05) is 12.3 Å². The Morgan fingerprint density at radius 3 is 2.08 bits per heavy atom. The number of esters is 1. The van der Waals surface area contributed by atoms with Crippen LogP contribution in [0.3, 0.4) is 0 Å². The van der Waals surface area contributed by atoms with Gasteiger partial charge in [-0.15, -0.1) is 0 Å². The standard InChI is InChI=1S/C21H27O4P/c1-17(2)13-20(21(22)25-14-18-9-5-3-6-10-18)16-26(23,24)15-19-11-7-4-8-12-19/h3-12,17,20H,13-16H2,1-2H3,(H,23,24).